The van der Waals surface area contributed by atoms with Crippen molar-refractivity contribution in [1.29, 1.82) is 0 Å². The summed E-state index contributed by atoms with van der Waals surface area (Å²) in [6.45, 7) is 0. The van der Waals surface area contributed by atoms with E-state index in [1.165, 1.54) is 25.3 Å². The molecule has 1 heterocycles. The maximum absolute atomic E-state index is 13.7. The molecule has 120 valence electrons. The Balaban J connectivity index is 2.00. The van der Waals surface area contributed by atoms with Gasteiger partial charge in [-0.3, -0.25) is 0 Å². The van der Waals surface area contributed by atoms with Crippen molar-refractivity contribution in [3.63, 3.8) is 0 Å². The SMILES string of the molecule is COC(=O)c1ccc(F)cc1C(Oc1cccnc1N)C1CC1. The van der Waals surface area contributed by atoms with Gasteiger partial charge in [0, 0.05) is 17.7 Å². The van der Waals surface area contributed by atoms with Crippen molar-refractivity contribution < 1.29 is 18.7 Å². The van der Waals surface area contributed by atoms with Gasteiger partial charge in [0.2, 0.25) is 0 Å². The van der Waals surface area contributed by atoms with E-state index in [4.69, 9.17) is 15.2 Å². The smallest absolute Gasteiger partial charge is 0.338 e. The average molecular weight is 316 g/mol. The first-order chi connectivity index (χ1) is 11.1. The van der Waals surface area contributed by atoms with Crippen LogP contribution in [0, 0.1) is 11.7 Å². The van der Waals surface area contributed by atoms with E-state index in [-0.39, 0.29) is 11.7 Å². The molecule has 0 aliphatic heterocycles. The van der Waals surface area contributed by atoms with Crippen molar-refractivity contribution in [2.75, 3.05) is 12.8 Å². The lowest BCUT2D eigenvalue weighted by molar-refractivity contribution is 0.0593. The molecule has 0 spiro atoms. The molecule has 1 aliphatic rings. The van der Waals surface area contributed by atoms with E-state index in [1.54, 1.807) is 18.3 Å². The zero-order chi connectivity index (χ0) is 16.4. The second-order valence-corrected chi connectivity index (χ2v) is 5.49. The summed E-state index contributed by atoms with van der Waals surface area (Å²) in [5, 5.41) is 0. The van der Waals surface area contributed by atoms with Crippen molar-refractivity contribution in [3.8, 4) is 5.75 Å². The van der Waals surface area contributed by atoms with Crippen LogP contribution >= 0.6 is 0 Å². The summed E-state index contributed by atoms with van der Waals surface area (Å²) in [7, 11) is 1.29. The lowest BCUT2D eigenvalue weighted by Crippen LogP contribution is -2.16. The Morgan fingerprint density at radius 2 is 2.17 bits per heavy atom. The molecule has 1 aromatic heterocycles. The van der Waals surface area contributed by atoms with Crippen LogP contribution in [0.15, 0.2) is 36.5 Å². The molecule has 2 N–H and O–H groups in total. The fourth-order valence-corrected chi connectivity index (χ4v) is 2.52. The van der Waals surface area contributed by atoms with Gasteiger partial charge in [-0.1, -0.05) is 0 Å². The fourth-order valence-electron chi connectivity index (χ4n) is 2.52. The van der Waals surface area contributed by atoms with Crippen LogP contribution < -0.4 is 10.5 Å². The number of esters is 1. The highest BCUT2D eigenvalue weighted by Gasteiger charge is 2.37. The Morgan fingerprint density at radius 3 is 2.83 bits per heavy atom. The fraction of sp³-hybridized carbons (Fsp3) is 0.294. The molecule has 6 heteroatoms. The standard InChI is InChI=1S/C17H17FN2O3/c1-22-17(21)12-7-6-11(18)9-13(12)15(10-4-5-10)23-14-3-2-8-20-16(14)19/h2-3,6-10,15H,4-5H2,1H3,(H2,19,20). The lowest BCUT2D eigenvalue weighted by Gasteiger charge is -2.22. The van der Waals surface area contributed by atoms with Crippen molar-refractivity contribution in [2.45, 2.75) is 18.9 Å². The van der Waals surface area contributed by atoms with Gasteiger partial charge in [-0.15, -0.1) is 0 Å². The molecule has 1 aliphatic carbocycles. The first-order valence-corrected chi connectivity index (χ1v) is 7.35. The van der Waals surface area contributed by atoms with Crippen LogP contribution in [-0.2, 0) is 4.74 Å². The minimum atomic E-state index is -0.520. The normalized spacial score (nSPS) is 15.0. The minimum absolute atomic E-state index is 0.208. The first-order valence-electron chi connectivity index (χ1n) is 7.35. The van der Waals surface area contributed by atoms with E-state index in [1.807, 2.05) is 0 Å². The molecular weight excluding hydrogens is 299 g/mol. The molecular formula is C17H17FN2O3. The van der Waals surface area contributed by atoms with Gasteiger partial charge in [-0.05, 0) is 43.2 Å². The molecule has 0 radical (unpaired) electrons. The second kappa shape index (κ2) is 6.24. The van der Waals surface area contributed by atoms with E-state index < -0.39 is 17.9 Å². The topological polar surface area (TPSA) is 74.4 Å². The van der Waals surface area contributed by atoms with Crippen LogP contribution in [0.4, 0.5) is 10.2 Å². The largest absolute Gasteiger partial charge is 0.482 e. The zero-order valence-electron chi connectivity index (χ0n) is 12.7. The number of ether oxygens (including phenoxy) is 2. The molecule has 0 amide bonds. The third-order valence-corrected chi connectivity index (χ3v) is 3.83. The van der Waals surface area contributed by atoms with Crippen LogP contribution in [0.3, 0.4) is 0 Å². The molecule has 1 atom stereocenters. The number of carbonyl (C=O) groups excluding carboxylic acids is 1. The Hall–Kier alpha value is -2.63. The third-order valence-electron chi connectivity index (χ3n) is 3.83. The number of halogens is 1. The molecule has 1 fully saturated rings. The number of methoxy groups -OCH3 is 1. The van der Waals surface area contributed by atoms with Gasteiger partial charge in [-0.2, -0.15) is 0 Å². The van der Waals surface area contributed by atoms with E-state index >= 15 is 0 Å². The molecule has 1 saturated carbocycles. The summed E-state index contributed by atoms with van der Waals surface area (Å²) in [6.07, 6.45) is 2.99. The van der Waals surface area contributed by atoms with Gasteiger partial charge < -0.3 is 15.2 Å². The number of aromatic nitrogens is 1. The number of nitrogens with two attached hydrogens (primary N) is 1. The Kier molecular flexibility index (Phi) is 4.14. The summed E-state index contributed by atoms with van der Waals surface area (Å²) in [4.78, 5) is 16.0. The first kappa shape index (κ1) is 15.3. The third kappa shape index (κ3) is 3.26. The van der Waals surface area contributed by atoms with Gasteiger partial charge in [-0.25, -0.2) is 14.2 Å². The maximum atomic E-state index is 13.7. The van der Waals surface area contributed by atoms with Crippen molar-refractivity contribution in [3.05, 3.63) is 53.5 Å². The van der Waals surface area contributed by atoms with Crippen LogP contribution in [-0.4, -0.2) is 18.1 Å². The predicted molar refractivity (Wildman–Crippen MR) is 82.5 cm³/mol. The van der Waals surface area contributed by atoms with E-state index in [9.17, 15) is 9.18 Å². The molecule has 23 heavy (non-hydrogen) atoms. The predicted octanol–water partition coefficient (Wildman–Crippen LogP) is 3.12. The van der Waals surface area contributed by atoms with Crippen LogP contribution in [0.2, 0.25) is 0 Å². The van der Waals surface area contributed by atoms with Crippen molar-refractivity contribution >= 4 is 11.8 Å². The molecule has 5 nitrogen and oxygen atoms in total. The van der Waals surface area contributed by atoms with E-state index in [0.29, 0.717) is 16.9 Å². The average Bonchev–Trinajstić information content (AvgIpc) is 3.38. The number of hydrogen-bond donors (Lipinski definition) is 1. The number of anilines is 1. The van der Waals surface area contributed by atoms with Crippen LogP contribution in [0.1, 0.15) is 34.9 Å². The summed E-state index contributed by atoms with van der Waals surface area (Å²) in [6, 6.07) is 7.39. The summed E-state index contributed by atoms with van der Waals surface area (Å²) >= 11 is 0. The Morgan fingerprint density at radius 1 is 1.39 bits per heavy atom. The molecule has 0 bridgehead atoms. The lowest BCUT2D eigenvalue weighted by atomic mass is 9.98. The Bertz CT molecular complexity index is 732. The highest BCUT2D eigenvalue weighted by atomic mass is 19.1. The van der Waals surface area contributed by atoms with Gasteiger partial charge in [0.1, 0.15) is 11.9 Å². The van der Waals surface area contributed by atoms with Crippen molar-refractivity contribution in [2.24, 2.45) is 5.92 Å². The maximum Gasteiger partial charge on any atom is 0.338 e. The van der Waals surface area contributed by atoms with Crippen LogP contribution in [0.5, 0.6) is 5.75 Å². The monoisotopic (exact) mass is 316 g/mol. The van der Waals surface area contributed by atoms with E-state index in [0.717, 1.165) is 12.8 Å². The Labute approximate surface area is 133 Å². The highest BCUT2D eigenvalue weighted by Crippen LogP contribution is 2.45. The summed E-state index contributed by atoms with van der Waals surface area (Å²) < 4.78 is 24.5. The van der Waals surface area contributed by atoms with Gasteiger partial charge in [0.15, 0.2) is 11.6 Å². The number of nitrogens with zero attached hydrogens (tertiary/aromatic N) is 1. The second-order valence-electron chi connectivity index (χ2n) is 5.49. The number of rotatable bonds is 5. The van der Waals surface area contributed by atoms with Gasteiger partial charge in [0.25, 0.3) is 0 Å². The molecule has 2 aromatic rings. The highest BCUT2D eigenvalue weighted by molar-refractivity contribution is 5.91. The molecule has 0 saturated heterocycles. The number of benzene rings is 1. The van der Waals surface area contributed by atoms with Crippen molar-refractivity contribution in [1.82, 2.24) is 4.98 Å². The quantitative estimate of drug-likeness (QED) is 0.858. The zero-order valence-corrected chi connectivity index (χ0v) is 12.7. The molecule has 1 unspecified atom stereocenters. The summed E-state index contributed by atoms with van der Waals surface area (Å²) in [5.74, 6) is -0.0621. The number of carbonyl (C=O) groups is 1. The number of nitrogen functional groups attached to an aromatic ring is 1. The van der Waals surface area contributed by atoms with Gasteiger partial charge in [0.05, 0.1) is 12.7 Å². The van der Waals surface area contributed by atoms with Crippen LogP contribution in [0.25, 0.3) is 0 Å². The number of hydrogen-bond acceptors (Lipinski definition) is 5. The summed E-state index contributed by atoms with van der Waals surface area (Å²) in [5.41, 5.74) is 6.59. The molecule has 3 rings (SSSR count). The number of pyridine rings is 1. The minimum Gasteiger partial charge on any atom is -0.482 e. The van der Waals surface area contributed by atoms with E-state index in [2.05, 4.69) is 4.98 Å². The van der Waals surface area contributed by atoms with Gasteiger partial charge >= 0.3 is 5.97 Å². The molecule has 1 aromatic carbocycles.